The van der Waals surface area contributed by atoms with E-state index in [2.05, 4.69) is 19.4 Å². The van der Waals surface area contributed by atoms with Gasteiger partial charge in [-0.15, -0.1) is 5.10 Å². The number of hydrogen-bond donors (Lipinski definition) is 0. The summed E-state index contributed by atoms with van der Waals surface area (Å²) in [6.07, 6.45) is 7.08. The first-order chi connectivity index (χ1) is 10.2. The number of nitrogens with zero attached hydrogens (tertiary/aromatic N) is 4. The molecule has 116 valence electrons. The highest BCUT2D eigenvalue weighted by molar-refractivity contribution is 7.03. The standard InChI is InChI=1S/C15H24N4OS/c1-12(20)19(14-4-2-5-14)15-6-3-8-18(9-7-15)10-13-11-21-17-16-13/h11,14-15H,2-10H2,1H3. The van der Waals surface area contributed by atoms with Crippen LogP contribution in [0.4, 0.5) is 0 Å². The van der Waals surface area contributed by atoms with E-state index < -0.39 is 0 Å². The molecule has 2 heterocycles. The zero-order valence-corrected chi connectivity index (χ0v) is 13.5. The van der Waals surface area contributed by atoms with Crippen molar-refractivity contribution in [2.45, 2.75) is 64.1 Å². The zero-order valence-electron chi connectivity index (χ0n) is 12.7. The summed E-state index contributed by atoms with van der Waals surface area (Å²) >= 11 is 1.42. The third kappa shape index (κ3) is 3.61. The van der Waals surface area contributed by atoms with Gasteiger partial charge in [0.1, 0.15) is 0 Å². The van der Waals surface area contributed by atoms with E-state index in [1.807, 2.05) is 5.38 Å². The van der Waals surface area contributed by atoms with Crippen molar-refractivity contribution >= 4 is 17.4 Å². The molecular weight excluding hydrogens is 284 g/mol. The van der Waals surface area contributed by atoms with Gasteiger partial charge in [0.25, 0.3) is 0 Å². The Morgan fingerprint density at radius 2 is 2.05 bits per heavy atom. The van der Waals surface area contributed by atoms with Crippen molar-refractivity contribution in [2.75, 3.05) is 13.1 Å². The van der Waals surface area contributed by atoms with Crippen molar-refractivity contribution in [2.24, 2.45) is 0 Å². The summed E-state index contributed by atoms with van der Waals surface area (Å²) in [7, 11) is 0. The second-order valence-corrected chi connectivity index (χ2v) is 6.88. The van der Waals surface area contributed by atoms with Gasteiger partial charge in [-0.3, -0.25) is 9.69 Å². The Labute approximate surface area is 130 Å². The molecule has 1 aliphatic heterocycles. The lowest BCUT2D eigenvalue weighted by atomic mass is 9.89. The molecule has 1 saturated heterocycles. The first-order valence-electron chi connectivity index (χ1n) is 8.01. The predicted octanol–water partition coefficient (Wildman–Crippen LogP) is 2.29. The Balaban J connectivity index is 1.57. The number of amides is 1. The summed E-state index contributed by atoms with van der Waals surface area (Å²) in [6, 6.07) is 0.952. The van der Waals surface area contributed by atoms with Crippen LogP contribution in [0, 0.1) is 0 Å². The minimum Gasteiger partial charge on any atom is -0.337 e. The summed E-state index contributed by atoms with van der Waals surface area (Å²) in [5.41, 5.74) is 1.07. The summed E-state index contributed by atoms with van der Waals surface area (Å²) in [6.45, 7) is 4.79. The normalized spacial score (nSPS) is 24.3. The molecule has 1 unspecified atom stereocenters. The molecule has 1 aromatic rings. The Hall–Kier alpha value is -1.01. The van der Waals surface area contributed by atoms with Crippen molar-refractivity contribution in [1.29, 1.82) is 0 Å². The Bertz CT molecular complexity index is 460. The summed E-state index contributed by atoms with van der Waals surface area (Å²) < 4.78 is 3.93. The molecule has 0 aromatic carbocycles. The van der Waals surface area contributed by atoms with Crippen LogP contribution in [-0.2, 0) is 11.3 Å². The minimum absolute atomic E-state index is 0.266. The molecule has 1 atom stereocenters. The topological polar surface area (TPSA) is 49.3 Å². The quantitative estimate of drug-likeness (QED) is 0.856. The lowest BCUT2D eigenvalue weighted by molar-refractivity contribution is -0.136. The molecule has 21 heavy (non-hydrogen) atoms. The average molecular weight is 308 g/mol. The van der Waals surface area contributed by atoms with E-state index in [9.17, 15) is 4.79 Å². The van der Waals surface area contributed by atoms with Gasteiger partial charge >= 0.3 is 0 Å². The van der Waals surface area contributed by atoms with E-state index in [4.69, 9.17) is 0 Å². The van der Waals surface area contributed by atoms with E-state index in [0.29, 0.717) is 12.1 Å². The largest absolute Gasteiger partial charge is 0.337 e. The van der Waals surface area contributed by atoms with Gasteiger partial charge in [-0.25, -0.2) is 0 Å². The molecule has 2 fully saturated rings. The fourth-order valence-electron chi connectivity index (χ4n) is 3.53. The molecule has 0 spiro atoms. The van der Waals surface area contributed by atoms with Crippen LogP contribution in [0.2, 0.25) is 0 Å². The zero-order chi connectivity index (χ0) is 14.7. The highest BCUT2D eigenvalue weighted by Crippen LogP contribution is 2.30. The molecule has 2 aliphatic rings. The van der Waals surface area contributed by atoms with Crippen LogP contribution in [-0.4, -0.2) is 50.5 Å². The second-order valence-electron chi connectivity index (χ2n) is 6.27. The van der Waals surface area contributed by atoms with Gasteiger partial charge in [-0.2, -0.15) is 0 Å². The molecule has 5 nitrogen and oxygen atoms in total. The van der Waals surface area contributed by atoms with Crippen LogP contribution in [0.15, 0.2) is 5.38 Å². The van der Waals surface area contributed by atoms with Gasteiger partial charge in [-0.05, 0) is 56.6 Å². The summed E-state index contributed by atoms with van der Waals surface area (Å²) in [4.78, 5) is 16.7. The first kappa shape index (κ1) is 14.9. The fraction of sp³-hybridized carbons (Fsp3) is 0.800. The average Bonchev–Trinajstić information content (AvgIpc) is 2.79. The van der Waals surface area contributed by atoms with Gasteiger partial charge < -0.3 is 4.90 Å². The molecule has 0 N–H and O–H groups in total. The second kappa shape index (κ2) is 6.83. The smallest absolute Gasteiger partial charge is 0.219 e. The highest BCUT2D eigenvalue weighted by Gasteiger charge is 2.33. The van der Waals surface area contributed by atoms with Crippen molar-refractivity contribution in [3.8, 4) is 0 Å². The Morgan fingerprint density at radius 1 is 1.29 bits per heavy atom. The lowest BCUT2D eigenvalue weighted by Crippen LogP contribution is -2.49. The Morgan fingerprint density at radius 3 is 2.67 bits per heavy atom. The lowest BCUT2D eigenvalue weighted by Gasteiger charge is -2.42. The number of likely N-dealkylation sites (tertiary alicyclic amines) is 1. The monoisotopic (exact) mass is 308 g/mol. The highest BCUT2D eigenvalue weighted by atomic mass is 32.1. The van der Waals surface area contributed by atoms with Crippen LogP contribution >= 0.6 is 11.5 Å². The third-order valence-corrected chi connectivity index (χ3v) is 5.36. The molecule has 0 bridgehead atoms. The summed E-state index contributed by atoms with van der Waals surface area (Å²) in [5.74, 6) is 0.266. The first-order valence-corrected chi connectivity index (χ1v) is 8.85. The minimum atomic E-state index is 0.266. The molecule has 1 aromatic heterocycles. The number of carbonyl (C=O) groups is 1. The van der Waals surface area contributed by atoms with Crippen LogP contribution in [0.1, 0.15) is 51.1 Å². The molecule has 6 heteroatoms. The van der Waals surface area contributed by atoms with Crippen molar-refractivity contribution in [3.63, 3.8) is 0 Å². The van der Waals surface area contributed by atoms with Crippen molar-refractivity contribution in [1.82, 2.24) is 19.4 Å². The molecule has 3 rings (SSSR count). The van der Waals surface area contributed by atoms with Crippen LogP contribution < -0.4 is 0 Å². The van der Waals surface area contributed by atoms with E-state index in [1.54, 1.807) is 6.92 Å². The number of aromatic nitrogens is 2. The number of hydrogen-bond acceptors (Lipinski definition) is 5. The van der Waals surface area contributed by atoms with Gasteiger partial charge in [0.2, 0.25) is 5.91 Å². The maximum atomic E-state index is 12.0. The maximum Gasteiger partial charge on any atom is 0.219 e. The summed E-state index contributed by atoms with van der Waals surface area (Å²) in [5, 5.41) is 6.16. The van der Waals surface area contributed by atoms with Gasteiger partial charge in [0, 0.05) is 37.5 Å². The van der Waals surface area contributed by atoms with E-state index in [1.165, 1.54) is 37.2 Å². The number of rotatable bonds is 4. The van der Waals surface area contributed by atoms with E-state index in [0.717, 1.165) is 38.2 Å². The van der Waals surface area contributed by atoms with Crippen molar-refractivity contribution < 1.29 is 4.79 Å². The number of carbonyl (C=O) groups excluding carboxylic acids is 1. The SMILES string of the molecule is CC(=O)N(C1CCC1)C1CCCN(Cc2csnn2)CC1. The van der Waals surface area contributed by atoms with E-state index >= 15 is 0 Å². The molecular formula is C15H24N4OS. The van der Waals surface area contributed by atoms with Crippen LogP contribution in [0.3, 0.4) is 0 Å². The fourth-order valence-corrected chi connectivity index (χ4v) is 3.98. The molecule has 1 aliphatic carbocycles. The third-order valence-electron chi connectivity index (χ3n) is 4.81. The Kier molecular flexibility index (Phi) is 4.85. The van der Waals surface area contributed by atoms with Gasteiger partial charge in [0.15, 0.2) is 0 Å². The van der Waals surface area contributed by atoms with Crippen LogP contribution in [0.25, 0.3) is 0 Å². The van der Waals surface area contributed by atoms with E-state index in [-0.39, 0.29) is 5.91 Å². The van der Waals surface area contributed by atoms with Crippen molar-refractivity contribution in [3.05, 3.63) is 11.1 Å². The van der Waals surface area contributed by atoms with Gasteiger partial charge in [0.05, 0.1) is 5.69 Å². The van der Waals surface area contributed by atoms with Crippen LogP contribution in [0.5, 0.6) is 0 Å². The van der Waals surface area contributed by atoms with Gasteiger partial charge in [-0.1, -0.05) is 4.49 Å². The predicted molar refractivity (Wildman–Crippen MR) is 83.0 cm³/mol. The molecule has 0 radical (unpaired) electrons. The molecule has 1 saturated carbocycles. The molecule has 1 amide bonds. The maximum absolute atomic E-state index is 12.0.